The predicted molar refractivity (Wildman–Crippen MR) is 110 cm³/mol. The summed E-state index contributed by atoms with van der Waals surface area (Å²) in [7, 11) is -2.06. The number of thiophene rings is 1. The molecule has 148 valence electrons. The van der Waals surface area contributed by atoms with Crippen LogP contribution >= 0.6 is 34.5 Å². The van der Waals surface area contributed by atoms with Crippen LogP contribution in [0.4, 0.5) is 5.69 Å². The van der Waals surface area contributed by atoms with Crippen LogP contribution in [0.2, 0.25) is 10.0 Å². The molecule has 0 aliphatic rings. The molecule has 1 atom stereocenters. The van der Waals surface area contributed by atoms with Crippen molar-refractivity contribution in [1.82, 2.24) is 5.32 Å². The zero-order valence-electron chi connectivity index (χ0n) is 14.5. The van der Waals surface area contributed by atoms with Crippen molar-refractivity contribution in [3.63, 3.8) is 0 Å². The van der Waals surface area contributed by atoms with E-state index in [1.807, 2.05) is 16.8 Å². The molecule has 0 unspecified atom stereocenters. The fourth-order valence-corrected chi connectivity index (χ4v) is 3.31. The minimum absolute atomic E-state index is 0.217. The average Bonchev–Trinajstić information content (AvgIpc) is 3.14. The van der Waals surface area contributed by atoms with Crippen molar-refractivity contribution in [3.8, 4) is 0 Å². The van der Waals surface area contributed by atoms with Crippen molar-refractivity contribution < 1.29 is 24.3 Å². The molecule has 28 heavy (non-hydrogen) atoms. The zero-order valence-corrected chi connectivity index (χ0v) is 16.9. The fraction of sp³-hybridized carbons (Fsp3) is 0.176. The molecular weight excluding hydrogens is 426 g/mol. The second-order valence-electron chi connectivity index (χ2n) is 5.58. The van der Waals surface area contributed by atoms with Crippen LogP contribution in [0.25, 0.3) is 0 Å². The Morgan fingerprint density at radius 3 is 2.64 bits per heavy atom. The van der Waals surface area contributed by atoms with E-state index in [2.05, 4.69) is 11.9 Å². The zero-order chi connectivity index (χ0) is 20.7. The second-order valence-corrected chi connectivity index (χ2v) is 7.18. The molecule has 0 radical (unpaired) electrons. The number of amides is 2. The van der Waals surface area contributed by atoms with Gasteiger partial charge in [-0.15, -0.1) is 0 Å². The van der Waals surface area contributed by atoms with Gasteiger partial charge in [0, 0.05) is 12.1 Å². The first-order chi connectivity index (χ1) is 13.3. The quantitative estimate of drug-likeness (QED) is 0.314. The highest BCUT2D eigenvalue weighted by Crippen LogP contribution is 2.27. The third kappa shape index (κ3) is 6.63. The molecule has 1 aromatic carbocycles. The van der Waals surface area contributed by atoms with E-state index in [9.17, 15) is 9.59 Å². The molecule has 0 bridgehead atoms. The lowest BCUT2D eigenvalue weighted by Crippen LogP contribution is -2.47. The minimum Gasteiger partial charge on any atom is -0.402 e. The molecule has 0 fully saturated rings. The lowest BCUT2D eigenvalue weighted by molar-refractivity contribution is -0.124. The summed E-state index contributed by atoms with van der Waals surface area (Å²) in [5.74, 6) is -1.10. The van der Waals surface area contributed by atoms with Crippen molar-refractivity contribution in [2.24, 2.45) is 0 Å². The molecule has 0 aliphatic carbocycles. The molecule has 0 saturated carbocycles. The number of hydrogen-bond acceptors (Lipinski definition) is 6. The van der Waals surface area contributed by atoms with Gasteiger partial charge in [0.05, 0.1) is 10.0 Å². The van der Waals surface area contributed by atoms with E-state index in [0.717, 1.165) is 16.5 Å². The van der Waals surface area contributed by atoms with Gasteiger partial charge in [0.1, 0.15) is 12.8 Å². The highest BCUT2D eigenvalue weighted by Gasteiger charge is 2.23. The first kappa shape index (κ1) is 22.4. The lowest BCUT2D eigenvalue weighted by Gasteiger charge is -2.24. The summed E-state index contributed by atoms with van der Waals surface area (Å²) in [6.45, 7) is 3.07. The number of anilines is 1. The Hall–Kier alpha value is -1.88. The van der Waals surface area contributed by atoms with E-state index >= 15 is 0 Å². The lowest BCUT2D eigenvalue weighted by atomic mass is 10.2. The van der Waals surface area contributed by atoms with E-state index in [-0.39, 0.29) is 18.0 Å². The highest BCUT2D eigenvalue weighted by molar-refractivity contribution is 7.07. The Balaban J connectivity index is 2.13. The van der Waals surface area contributed by atoms with Gasteiger partial charge >= 0.3 is 7.32 Å². The normalized spacial score (nSPS) is 11.6. The molecule has 1 aromatic heterocycles. The van der Waals surface area contributed by atoms with E-state index in [1.54, 1.807) is 6.07 Å². The van der Waals surface area contributed by atoms with Gasteiger partial charge in [-0.05, 0) is 46.7 Å². The second kappa shape index (κ2) is 10.6. The molecule has 0 aliphatic heterocycles. The van der Waals surface area contributed by atoms with E-state index in [4.69, 9.17) is 37.9 Å². The van der Waals surface area contributed by atoms with Gasteiger partial charge in [0.2, 0.25) is 5.91 Å². The number of rotatable bonds is 9. The van der Waals surface area contributed by atoms with Gasteiger partial charge in [-0.25, -0.2) is 0 Å². The summed E-state index contributed by atoms with van der Waals surface area (Å²) in [4.78, 5) is 25.8. The van der Waals surface area contributed by atoms with Gasteiger partial charge in [-0.1, -0.05) is 29.8 Å². The molecule has 0 saturated heterocycles. The maximum Gasteiger partial charge on any atom is 0.635 e. The number of hydrogen-bond donors (Lipinski definition) is 3. The third-order valence-corrected chi connectivity index (χ3v) is 5.04. The Labute approximate surface area is 176 Å². The van der Waals surface area contributed by atoms with Crippen molar-refractivity contribution in [2.45, 2.75) is 12.6 Å². The van der Waals surface area contributed by atoms with Crippen LogP contribution in [-0.2, 0) is 20.7 Å². The molecule has 2 amide bonds. The van der Waals surface area contributed by atoms with Crippen LogP contribution in [0.1, 0.15) is 5.56 Å². The molecule has 11 heteroatoms. The topological polar surface area (TPSA) is 99.1 Å². The first-order valence-corrected chi connectivity index (χ1v) is 9.71. The monoisotopic (exact) mass is 442 g/mol. The van der Waals surface area contributed by atoms with Crippen LogP contribution in [0.5, 0.6) is 0 Å². The molecule has 2 aromatic rings. The summed E-state index contributed by atoms with van der Waals surface area (Å²) in [6, 6.07) is 6.32. The smallest absolute Gasteiger partial charge is 0.402 e. The van der Waals surface area contributed by atoms with Crippen LogP contribution in [0.15, 0.2) is 47.7 Å². The molecule has 1 heterocycles. The number of halogens is 2. The van der Waals surface area contributed by atoms with Crippen LogP contribution in [0, 0.1) is 0 Å². The summed E-state index contributed by atoms with van der Waals surface area (Å²) in [5, 5.41) is 24.9. The van der Waals surface area contributed by atoms with Gasteiger partial charge in [0.15, 0.2) is 0 Å². The van der Waals surface area contributed by atoms with E-state index in [0.29, 0.717) is 10.7 Å². The van der Waals surface area contributed by atoms with Crippen molar-refractivity contribution >= 4 is 59.4 Å². The number of nitrogens with one attached hydrogen (secondary N) is 1. The van der Waals surface area contributed by atoms with Crippen LogP contribution in [-0.4, -0.2) is 42.0 Å². The average molecular weight is 443 g/mol. The minimum atomic E-state index is -2.06. The molecule has 0 spiro atoms. The summed E-state index contributed by atoms with van der Waals surface area (Å²) in [5.41, 5.74) is 1.20. The third-order valence-electron chi connectivity index (χ3n) is 3.57. The van der Waals surface area contributed by atoms with E-state index < -0.39 is 25.4 Å². The van der Waals surface area contributed by atoms with Crippen LogP contribution < -0.4 is 10.2 Å². The van der Waals surface area contributed by atoms with Gasteiger partial charge in [0.25, 0.3) is 5.91 Å². The number of benzene rings is 1. The number of nitrogens with zero attached hydrogens (tertiary/aromatic N) is 1. The van der Waals surface area contributed by atoms with Crippen molar-refractivity contribution in [1.29, 1.82) is 0 Å². The van der Waals surface area contributed by atoms with Gasteiger partial charge < -0.3 is 20.0 Å². The van der Waals surface area contributed by atoms with Crippen LogP contribution in [0.3, 0.4) is 0 Å². The Kier molecular flexibility index (Phi) is 8.49. The first-order valence-electron chi connectivity index (χ1n) is 8.01. The molecule has 2 rings (SSSR count). The predicted octanol–water partition coefficient (Wildman–Crippen LogP) is 2.24. The maximum atomic E-state index is 12.5. The fourth-order valence-electron chi connectivity index (χ4n) is 2.33. The van der Waals surface area contributed by atoms with Crippen molar-refractivity contribution in [3.05, 3.63) is 63.3 Å². The molecule has 3 N–H and O–H groups in total. The Morgan fingerprint density at radius 2 is 2.07 bits per heavy atom. The van der Waals surface area contributed by atoms with Crippen molar-refractivity contribution in [2.75, 3.05) is 11.4 Å². The highest BCUT2D eigenvalue weighted by atomic mass is 35.5. The Morgan fingerprint density at radius 1 is 1.32 bits per heavy atom. The largest absolute Gasteiger partial charge is 0.635 e. The molecule has 7 nitrogen and oxygen atoms in total. The summed E-state index contributed by atoms with van der Waals surface area (Å²) in [6.07, 6.45) is 0.276. The van der Waals surface area contributed by atoms with Gasteiger partial charge in [-0.2, -0.15) is 11.3 Å². The SMILES string of the molecule is C=CC(=O)N(CC(=O)N[C@@H](Cc1ccsc1)OB(O)O)c1ccc(Cl)c(Cl)c1. The number of carbonyl (C=O) groups is 2. The van der Waals surface area contributed by atoms with Gasteiger partial charge in [-0.3, -0.25) is 14.5 Å². The number of carbonyl (C=O) groups excluding carboxylic acids is 2. The van der Waals surface area contributed by atoms with E-state index in [1.165, 1.54) is 23.5 Å². The summed E-state index contributed by atoms with van der Waals surface area (Å²) < 4.78 is 4.92. The maximum absolute atomic E-state index is 12.5. The summed E-state index contributed by atoms with van der Waals surface area (Å²) >= 11 is 13.3. The molecular formula is C17H17BCl2N2O5S. The standard InChI is InChI=1S/C17H17BCl2N2O5S/c1-2-17(24)22(12-3-4-13(19)14(20)8-12)9-15(23)21-16(27-18(25)26)7-11-5-6-28-10-11/h2-6,8,10,16,25-26H,1,7,9H2,(H,21,23)/t16-/m1/s1. The Bertz CT molecular complexity index is 835.